The number of ether oxygens (including phenoxy) is 2. The number of hydrogen-bond acceptors (Lipinski definition) is 7. The summed E-state index contributed by atoms with van der Waals surface area (Å²) in [7, 11) is -4.01. The maximum absolute atomic E-state index is 11.9. The van der Waals surface area contributed by atoms with E-state index in [9.17, 15) is 9.36 Å². The van der Waals surface area contributed by atoms with Crippen LogP contribution in [0.2, 0.25) is 0 Å². The van der Waals surface area contributed by atoms with E-state index in [1.165, 1.54) is 12.7 Å². The lowest BCUT2D eigenvalue weighted by molar-refractivity contribution is -0.150. The third-order valence-corrected chi connectivity index (χ3v) is 4.84. The fourth-order valence-corrected chi connectivity index (χ4v) is 2.92. The Morgan fingerprint density at radius 2 is 2.14 bits per heavy atom. The van der Waals surface area contributed by atoms with Crippen molar-refractivity contribution in [3.63, 3.8) is 0 Å². The molecule has 2 amide bonds. The minimum atomic E-state index is -4.01. The second-order valence-electron chi connectivity index (χ2n) is 6.46. The van der Waals surface area contributed by atoms with Gasteiger partial charge in [-0.15, -0.1) is 0 Å². The maximum Gasteiger partial charge on any atom is 0.325 e. The molecule has 0 bridgehead atoms. The highest BCUT2D eigenvalue weighted by molar-refractivity contribution is 7.51. The molecule has 1 aliphatic carbocycles. The Labute approximate surface area is 160 Å². The largest absolute Gasteiger partial charge is 0.353 e. The smallest absolute Gasteiger partial charge is 0.325 e. The van der Waals surface area contributed by atoms with Gasteiger partial charge in [0.2, 0.25) is 0 Å². The molecular weight excluding hydrogens is 391 g/mol. The zero-order valence-electron chi connectivity index (χ0n) is 15.3. The van der Waals surface area contributed by atoms with Gasteiger partial charge >= 0.3 is 13.6 Å². The number of carbonyl (C=O) groups excluding carboxylic acids is 1. The van der Waals surface area contributed by atoms with Crippen molar-refractivity contribution in [2.24, 2.45) is 0 Å². The topological polar surface area (TPSA) is 161 Å². The van der Waals surface area contributed by atoms with Gasteiger partial charge in [-0.2, -0.15) is 0 Å². The van der Waals surface area contributed by atoms with Crippen molar-refractivity contribution in [2.75, 3.05) is 18.1 Å². The molecule has 3 rings (SSSR count). The van der Waals surface area contributed by atoms with E-state index < -0.39 is 13.9 Å². The van der Waals surface area contributed by atoms with Gasteiger partial charge in [-0.1, -0.05) is 0 Å². The van der Waals surface area contributed by atoms with Gasteiger partial charge in [0.25, 0.3) is 0 Å². The summed E-state index contributed by atoms with van der Waals surface area (Å²) in [6, 6.07) is -0.0999. The van der Waals surface area contributed by atoms with Gasteiger partial charge in [0.15, 0.2) is 23.3 Å². The molecule has 4 N–H and O–H groups in total. The highest BCUT2D eigenvalue weighted by Crippen LogP contribution is 2.34. The lowest BCUT2D eigenvalue weighted by atomic mass is 10.5. The summed E-state index contributed by atoms with van der Waals surface area (Å²) < 4.78 is 23.3. The van der Waals surface area contributed by atoms with Crippen LogP contribution >= 0.6 is 7.60 Å². The molecule has 2 aromatic heterocycles. The average Bonchev–Trinajstić information content (AvgIpc) is 3.33. The summed E-state index contributed by atoms with van der Waals surface area (Å²) in [5.74, 6) is 0.309. The molecule has 154 valence electrons. The van der Waals surface area contributed by atoms with E-state index in [1.54, 1.807) is 11.5 Å². The average molecular weight is 414 g/mol. The van der Waals surface area contributed by atoms with E-state index in [0.717, 1.165) is 12.8 Å². The lowest BCUT2D eigenvalue weighted by Crippen LogP contribution is -2.30. The fourth-order valence-electron chi connectivity index (χ4n) is 2.38. The number of anilines is 1. The normalized spacial score (nSPS) is 15.5. The molecule has 12 nitrogen and oxygen atoms in total. The summed E-state index contributed by atoms with van der Waals surface area (Å²) in [5.41, 5.74) is 0.928. The quantitative estimate of drug-likeness (QED) is 0.253. The highest BCUT2D eigenvalue weighted by Gasteiger charge is 2.24. The molecule has 0 spiro atoms. The van der Waals surface area contributed by atoms with Gasteiger partial charge < -0.3 is 24.6 Å². The third kappa shape index (κ3) is 6.21. The first-order chi connectivity index (χ1) is 13.3. The van der Waals surface area contributed by atoms with Crippen LogP contribution < -0.4 is 10.6 Å². The predicted octanol–water partition coefficient (Wildman–Crippen LogP) is 1.01. The molecule has 2 heterocycles. The van der Waals surface area contributed by atoms with Crippen molar-refractivity contribution >= 4 is 30.6 Å². The number of rotatable bonds is 10. The van der Waals surface area contributed by atoms with E-state index in [4.69, 9.17) is 19.3 Å². The molecule has 0 radical (unpaired) electrons. The second kappa shape index (κ2) is 8.93. The van der Waals surface area contributed by atoms with E-state index in [2.05, 4.69) is 25.6 Å². The molecule has 28 heavy (non-hydrogen) atoms. The lowest BCUT2D eigenvalue weighted by Gasteiger charge is -2.14. The number of hydrogen-bond donors (Lipinski definition) is 4. The molecule has 1 saturated carbocycles. The van der Waals surface area contributed by atoms with Gasteiger partial charge in [-0.25, -0.2) is 19.7 Å². The summed E-state index contributed by atoms with van der Waals surface area (Å²) in [6.07, 6.45) is 4.23. The first-order valence-electron chi connectivity index (χ1n) is 8.83. The van der Waals surface area contributed by atoms with Crippen LogP contribution in [0, 0.1) is 0 Å². The number of urea groups is 1. The van der Waals surface area contributed by atoms with Crippen LogP contribution in [-0.2, 0) is 20.8 Å². The zero-order chi connectivity index (χ0) is 20.1. The number of nitrogens with zero attached hydrogens (tertiary/aromatic N) is 4. The zero-order valence-corrected chi connectivity index (χ0v) is 16.2. The summed E-state index contributed by atoms with van der Waals surface area (Å²) in [6.45, 7) is 1.95. The van der Waals surface area contributed by atoms with Gasteiger partial charge in [0.1, 0.15) is 13.1 Å². The predicted molar refractivity (Wildman–Crippen MR) is 98.5 cm³/mol. The first kappa shape index (κ1) is 20.6. The van der Waals surface area contributed by atoms with E-state index >= 15 is 0 Å². The molecule has 0 unspecified atom stereocenters. The molecule has 0 saturated heterocycles. The van der Waals surface area contributed by atoms with Crippen molar-refractivity contribution in [3.05, 3.63) is 12.7 Å². The van der Waals surface area contributed by atoms with Crippen molar-refractivity contribution < 1.29 is 28.6 Å². The van der Waals surface area contributed by atoms with Crippen LogP contribution in [0.3, 0.4) is 0 Å². The molecule has 1 aliphatic rings. The molecule has 1 atom stereocenters. The maximum atomic E-state index is 11.9. The summed E-state index contributed by atoms with van der Waals surface area (Å²) in [5, 5.41) is 5.49. The van der Waals surface area contributed by atoms with Gasteiger partial charge in [0.05, 0.1) is 19.1 Å². The Kier molecular flexibility index (Phi) is 6.57. The summed E-state index contributed by atoms with van der Waals surface area (Å²) >= 11 is 0. The Morgan fingerprint density at radius 1 is 1.36 bits per heavy atom. The minimum Gasteiger partial charge on any atom is -0.353 e. The molecular formula is C15H23N6O6P. The standard InChI is InChI=1S/C15H23N6O6P/c1-10(26-5-2-6-28(23,24)25)27-9-21-8-18-12-13(16-7-17-14(12)21)20-15(22)19-11-3-4-11/h7-8,10-11H,2-6,9H2,1H3,(H2,23,24,25)(H2,16,17,19,20,22)/t10-/m0/s1. The van der Waals surface area contributed by atoms with Gasteiger partial charge in [-0.05, 0) is 26.2 Å². The van der Waals surface area contributed by atoms with Crippen LogP contribution in [-0.4, -0.2) is 60.4 Å². The number of nitrogens with one attached hydrogen (secondary N) is 2. The Balaban J connectivity index is 1.51. The van der Waals surface area contributed by atoms with Crippen LogP contribution in [0.5, 0.6) is 0 Å². The molecule has 2 aromatic rings. The molecule has 0 aliphatic heterocycles. The fraction of sp³-hybridized carbons (Fsp3) is 0.600. The minimum absolute atomic E-state index is 0.0981. The van der Waals surface area contributed by atoms with E-state index in [0.29, 0.717) is 17.0 Å². The molecule has 13 heteroatoms. The van der Waals surface area contributed by atoms with Crippen molar-refractivity contribution in [1.29, 1.82) is 0 Å². The summed E-state index contributed by atoms with van der Waals surface area (Å²) in [4.78, 5) is 42.0. The number of fused-ring (bicyclic) bond motifs is 1. The van der Waals surface area contributed by atoms with Crippen LogP contribution in [0.15, 0.2) is 12.7 Å². The SMILES string of the molecule is C[C@@H](OCCCP(=O)(O)O)OCn1cnc2c(NC(=O)NC3CC3)ncnc21. The van der Waals surface area contributed by atoms with Gasteiger partial charge in [0, 0.05) is 6.04 Å². The van der Waals surface area contributed by atoms with Crippen molar-refractivity contribution in [3.8, 4) is 0 Å². The Hall–Kier alpha value is -2.11. The first-order valence-corrected chi connectivity index (χ1v) is 10.6. The van der Waals surface area contributed by atoms with Crippen molar-refractivity contribution in [1.82, 2.24) is 24.8 Å². The molecule has 1 fully saturated rings. The van der Waals surface area contributed by atoms with E-state index in [1.807, 2.05) is 0 Å². The van der Waals surface area contributed by atoms with Crippen LogP contribution in [0.25, 0.3) is 11.2 Å². The Morgan fingerprint density at radius 3 is 2.86 bits per heavy atom. The van der Waals surface area contributed by atoms with Crippen LogP contribution in [0.1, 0.15) is 26.2 Å². The highest BCUT2D eigenvalue weighted by atomic mass is 31.2. The monoisotopic (exact) mass is 414 g/mol. The van der Waals surface area contributed by atoms with Crippen LogP contribution in [0.4, 0.5) is 10.6 Å². The second-order valence-corrected chi connectivity index (χ2v) is 8.23. The van der Waals surface area contributed by atoms with E-state index in [-0.39, 0.29) is 38.0 Å². The third-order valence-electron chi connectivity index (χ3n) is 3.94. The number of aromatic nitrogens is 4. The Bertz CT molecular complexity index is 866. The number of carbonyl (C=O) groups is 1. The van der Waals surface area contributed by atoms with Crippen molar-refractivity contribution in [2.45, 2.75) is 45.2 Å². The molecule has 0 aromatic carbocycles. The van der Waals surface area contributed by atoms with Gasteiger partial charge in [-0.3, -0.25) is 14.4 Å². The number of imidazole rings is 1. The number of amides is 2.